The van der Waals surface area contributed by atoms with Crippen molar-refractivity contribution in [2.45, 2.75) is 25.8 Å². The van der Waals surface area contributed by atoms with Gasteiger partial charge < -0.3 is 15.0 Å². The summed E-state index contributed by atoms with van der Waals surface area (Å²) in [6.45, 7) is 7.45. The van der Waals surface area contributed by atoms with Gasteiger partial charge in [-0.3, -0.25) is 0 Å². The number of ether oxygens (including phenoxy) is 1. The lowest BCUT2D eigenvalue weighted by atomic mass is 9.92. The van der Waals surface area contributed by atoms with Crippen LogP contribution in [0.1, 0.15) is 18.5 Å². The molecule has 32 heavy (non-hydrogen) atoms. The molecule has 0 radical (unpaired) electrons. The minimum Gasteiger partial charge on any atom is -0.424 e. The molecule has 1 aromatic carbocycles. The lowest BCUT2D eigenvalue weighted by Crippen LogP contribution is -2.48. The van der Waals surface area contributed by atoms with E-state index in [9.17, 15) is 8.78 Å². The molecule has 2 bridgehead atoms. The number of piperidine rings is 1. The van der Waals surface area contributed by atoms with E-state index in [4.69, 9.17) is 4.74 Å². The third-order valence-electron chi connectivity index (χ3n) is 6.06. The van der Waals surface area contributed by atoms with E-state index in [1.54, 1.807) is 6.33 Å². The van der Waals surface area contributed by atoms with Crippen molar-refractivity contribution in [3.05, 3.63) is 54.5 Å². The van der Waals surface area contributed by atoms with Crippen LogP contribution < -0.4 is 15.0 Å². The van der Waals surface area contributed by atoms with Crippen LogP contribution in [-0.4, -0.2) is 43.9 Å². The zero-order chi connectivity index (χ0) is 22.2. The van der Waals surface area contributed by atoms with Gasteiger partial charge in [0.25, 0.3) is 0 Å². The van der Waals surface area contributed by atoms with E-state index < -0.39 is 11.6 Å². The molecule has 2 fully saturated rings. The van der Waals surface area contributed by atoms with Crippen molar-refractivity contribution in [3.8, 4) is 11.8 Å². The average Bonchev–Trinajstić information content (AvgIpc) is 3.22. The zero-order valence-electron chi connectivity index (χ0n) is 17.6. The highest BCUT2D eigenvalue weighted by Gasteiger charge is 2.43. The highest BCUT2D eigenvalue weighted by Crippen LogP contribution is 2.39. The van der Waals surface area contributed by atoms with Crippen LogP contribution in [0, 0.1) is 30.4 Å². The molecule has 0 spiro atoms. The summed E-state index contributed by atoms with van der Waals surface area (Å²) in [7, 11) is 0. The number of halogens is 2. The standard InChI is InChI=1S/C22H23F2N7O/c1-3-31-22(32-18-8-16(23)7-17(24)9-18)28-21(29-31)27-20-14-4-5-15(20)11-30(10-14)19-6-13(2)25-12-26-19/h3,6-9,12,14-15,20H,1,4-5,10-11H2,2H3,(H,27,29)/t14-,15+,20+. The van der Waals surface area contributed by atoms with E-state index >= 15 is 0 Å². The van der Waals surface area contributed by atoms with Crippen molar-refractivity contribution >= 4 is 18.0 Å². The number of hydrogen-bond acceptors (Lipinski definition) is 7. The Morgan fingerprint density at radius 3 is 2.47 bits per heavy atom. The van der Waals surface area contributed by atoms with Gasteiger partial charge in [0.15, 0.2) is 0 Å². The summed E-state index contributed by atoms with van der Waals surface area (Å²) in [4.78, 5) is 15.3. The number of fused-ring (bicyclic) bond motifs is 2. The highest BCUT2D eigenvalue weighted by molar-refractivity contribution is 5.42. The Labute approximate surface area is 184 Å². The predicted molar refractivity (Wildman–Crippen MR) is 115 cm³/mol. The summed E-state index contributed by atoms with van der Waals surface area (Å²) >= 11 is 0. The molecule has 166 valence electrons. The largest absolute Gasteiger partial charge is 0.424 e. The van der Waals surface area contributed by atoms with E-state index in [1.165, 1.54) is 10.9 Å². The van der Waals surface area contributed by atoms with Crippen molar-refractivity contribution in [1.82, 2.24) is 24.7 Å². The van der Waals surface area contributed by atoms with Gasteiger partial charge in [0.2, 0.25) is 5.95 Å². The first-order valence-corrected chi connectivity index (χ1v) is 10.5. The lowest BCUT2D eigenvalue weighted by Gasteiger charge is -2.38. The Balaban J connectivity index is 1.31. The third-order valence-corrected chi connectivity index (χ3v) is 6.06. The van der Waals surface area contributed by atoms with Gasteiger partial charge in [0, 0.05) is 55.3 Å². The molecule has 1 aliphatic heterocycles. The van der Waals surface area contributed by atoms with Crippen molar-refractivity contribution in [2.75, 3.05) is 23.3 Å². The van der Waals surface area contributed by atoms with Gasteiger partial charge >= 0.3 is 6.01 Å². The van der Waals surface area contributed by atoms with Crippen LogP contribution in [0.2, 0.25) is 0 Å². The van der Waals surface area contributed by atoms with Crippen molar-refractivity contribution < 1.29 is 13.5 Å². The van der Waals surface area contributed by atoms with Crippen molar-refractivity contribution in [2.24, 2.45) is 11.8 Å². The number of rotatable bonds is 6. The molecular weight excluding hydrogens is 416 g/mol. The molecule has 5 rings (SSSR count). The zero-order valence-corrected chi connectivity index (χ0v) is 17.6. The van der Waals surface area contributed by atoms with Gasteiger partial charge in [-0.15, -0.1) is 5.10 Å². The summed E-state index contributed by atoms with van der Waals surface area (Å²) in [5.74, 6) is 0.723. The third kappa shape index (κ3) is 4.00. The van der Waals surface area contributed by atoms with Gasteiger partial charge in [-0.25, -0.2) is 18.7 Å². The monoisotopic (exact) mass is 439 g/mol. The van der Waals surface area contributed by atoms with Crippen LogP contribution in [0.15, 0.2) is 37.2 Å². The molecule has 1 N–H and O–H groups in total. The van der Waals surface area contributed by atoms with E-state index in [-0.39, 0.29) is 17.8 Å². The predicted octanol–water partition coefficient (Wildman–Crippen LogP) is 3.87. The Morgan fingerprint density at radius 2 is 1.81 bits per heavy atom. The van der Waals surface area contributed by atoms with Crippen molar-refractivity contribution in [3.63, 3.8) is 0 Å². The molecule has 0 unspecified atom stereocenters. The second-order valence-electron chi connectivity index (χ2n) is 8.24. The Morgan fingerprint density at radius 1 is 1.09 bits per heavy atom. The summed E-state index contributed by atoms with van der Waals surface area (Å²) in [6, 6.07) is 5.26. The highest BCUT2D eigenvalue weighted by atomic mass is 19.1. The summed E-state index contributed by atoms with van der Waals surface area (Å²) in [5, 5.41) is 7.83. The number of nitrogens with zero attached hydrogens (tertiary/aromatic N) is 6. The van der Waals surface area contributed by atoms with E-state index in [1.807, 2.05) is 13.0 Å². The summed E-state index contributed by atoms with van der Waals surface area (Å²) in [5.41, 5.74) is 0.951. The molecule has 1 aliphatic carbocycles. The fourth-order valence-electron chi connectivity index (χ4n) is 4.66. The Kier molecular flexibility index (Phi) is 5.20. The first kappa shape index (κ1) is 20.3. The number of hydrogen-bond donors (Lipinski definition) is 1. The molecule has 3 atom stereocenters. The fraction of sp³-hybridized carbons (Fsp3) is 0.364. The first-order chi connectivity index (χ1) is 15.5. The normalized spacial score (nSPS) is 22.1. The SMILES string of the molecule is C=Cn1nc(N[C@H]2[C@@H]3CC[C@H]2CN(c2cc(C)ncn2)C3)nc1Oc1cc(F)cc(F)c1. The van der Waals surface area contributed by atoms with Crippen LogP contribution >= 0.6 is 0 Å². The smallest absolute Gasteiger partial charge is 0.326 e. The molecule has 3 heterocycles. The minimum absolute atomic E-state index is 0.00179. The number of nitrogens with one attached hydrogen (secondary N) is 1. The van der Waals surface area contributed by atoms with Gasteiger partial charge in [-0.2, -0.15) is 9.67 Å². The molecule has 2 aliphatic rings. The molecule has 8 nitrogen and oxygen atoms in total. The number of anilines is 2. The maximum atomic E-state index is 13.5. The Hall–Kier alpha value is -3.56. The maximum Gasteiger partial charge on any atom is 0.326 e. The molecule has 3 aromatic rings. The Bertz CT molecular complexity index is 1120. The van der Waals surface area contributed by atoms with Gasteiger partial charge in [-0.05, 0) is 31.6 Å². The number of benzene rings is 1. The fourth-order valence-corrected chi connectivity index (χ4v) is 4.66. The van der Waals surface area contributed by atoms with E-state index in [0.29, 0.717) is 17.8 Å². The molecular formula is C22H23F2N7O. The molecule has 1 saturated carbocycles. The van der Waals surface area contributed by atoms with Crippen LogP contribution in [0.3, 0.4) is 0 Å². The van der Waals surface area contributed by atoms with Gasteiger partial charge in [-0.1, -0.05) is 6.58 Å². The van der Waals surface area contributed by atoms with Gasteiger partial charge in [0.1, 0.15) is 29.5 Å². The second-order valence-corrected chi connectivity index (χ2v) is 8.24. The van der Waals surface area contributed by atoms with Gasteiger partial charge in [0.05, 0.1) is 0 Å². The number of aryl methyl sites for hydroxylation is 1. The average molecular weight is 439 g/mol. The topological polar surface area (TPSA) is 81.0 Å². The second kappa shape index (κ2) is 8.18. The molecule has 0 amide bonds. The van der Waals surface area contributed by atoms with Crippen LogP contribution in [-0.2, 0) is 0 Å². The van der Waals surface area contributed by atoms with Crippen LogP contribution in [0.4, 0.5) is 20.5 Å². The van der Waals surface area contributed by atoms with E-state index in [0.717, 1.165) is 55.6 Å². The minimum atomic E-state index is -0.731. The quantitative estimate of drug-likeness (QED) is 0.624. The number of aromatic nitrogens is 5. The maximum absolute atomic E-state index is 13.5. The lowest BCUT2D eigenvalue weighted by molar-refractivity contribution is 0.374. The van der Waals surface area contributed by atoms with E-state index in [2.05, 4.69) is 36.8 Å². The molecule has 10 heteroatoms. The summed E-state index contributed by atoms with van der Waals surface area (Å²) < 4.78 is 33.9. The van der Waals surface area contributed by atoms with Crippen LogP contribution in [0.25, 0.3) is 6.20 Å². The van der Waals surface area contributed by atoms with Crippen LogP contribution in [0.5, 0.6) is 11.8 Å². The first-order valence-electron chi connectivity index (χ1n) is 10.5. The van der Waals surface area contributed by atoms with Crippen molar-refractivity contribution in [1.29, 1.82) is 0 Å². The molecule has 2 aromatic heterocycles. The summed E-state index contributed by atoms with van der Waals surface area (Å²) in [6.07, 6.45) is 5.25. The molecule has 1 saturated heterocycles.